The van der Waals surface area contributed by atoms with Gasteiger partial charge in [-0.2, -0.15) is 0 Å². The first kappa shape index (κ1) is 10.8. The SMILES string of the molecule is O=C(O)Cc1cnc2c(Br)cccn2c1=O. The van der Waals surface area contributed by atoms with Crippen LogP contribution in [0.3, 0.4) is 0 Å². The van der Waals surface area contributed by atoms with E-state index in [0.717, 1.165) is 0 Å². The third kappa shape index (κ3) is 1.83. The average Bonchev–Trinajstić information content (AvgIpc) is 2.23. The lowest BCUT2D eigenvalue weighted by atomic mass is 10.2. The van der Waals surface area contributed by atoms with E-state index in [0.29, 0.717) is 10.1 Å². The molecule has 2 aromatic rings. The van der Waals surface area contributed by atoms with E-state index in [9.17, 15) is 9.59 Å². The van der Waals surface area contributed by atoms with E-state index in [1.807, 2.05) is 0 Å². The first-order valence-electron chi connectivity index (χ1n) is 4.46. The van der Waals surface area contributed by atoms with E-state index in [2.05, 4.69) is 20.9 Å². The Morgan fingerprint density at radius 2 is 2.31 bits per heavy atom. The molecular weight excluding hydrogens is 276 g/mol. The molecule has 0 aliphatic rings. The molecule has 2 aromatic heterocycles. The standard InChI is InChI=1S/C10H7BrN2O3/c11-7-2-1-3-13-9(7)12-5-6(10(13)16)4-8(14)15/h1-3,5H,4H2,(H,14,15). The Morgan fingerprint density at radius 3 is 3.00 bits per heavy atom. The second kappa shape index (κ2) is 4.05. The molecule has 0 fully saturated rings. The van der Waals surface area contributed by atoms with Crippen molar-refractivity contribution in [1.29, 1.82) is 0 Å². The smallest absolute Gasteiger partial charge is 0.308 e. The molecule has 0 saturated heterocycles. The molecule has 2 rings (SSSR count). The number of carbonyl (C=O) groups is 1. The van der Waals surface area contributed by atoms with Crippen molar-refractivity contribution < 1.29 is 9.90 Å². The summed E-state index contributed by atoms with van der Waals surface area (Å²) < 4.78 is 2.01. The maximum absolute atomic E-state index is 11.9. The summed E-state index contributed by atoms with van der Waals surface area (Å²) in [6.45, 7) is 0. The number of fused-ring (bicyclic) bond motifs is 1. The molecule has 0 unspecified atom stereocenters. The highest BCUT2D eigenvalue weighted by molar-refractivity contribution is 9.10. The van der Waals surface area contributed by atoms with Crippen LogP contribution in [-0.2, 0) is 11.2 Å². The molecule has 0 bridgehead atoms. The highest BCUT2D eigenvalue weighted by atomic mass is 79.9. The Hall–Kier alpha value is -1.69. The minimum Gasteiger partial charge on any atom is -0.481 e. The average molecular weight is 283 g/mol. The quantitative estimate of drug-likeness (QED) is 0.895. The van der Waals surface area contributed by atoms with Gasteiger partial charge in [-0.05, 0) is 28.1 Å². The molecule has 0 aliphatic carbocycles. The van der Waals surface area contributed by atoms with Crippen molar-refractivity contribution in [3.8, 4) is 0 Å². The summed E-state index contributed by atoms with van der Waals surface area (Å²) in [5.74, 6) is -1.05. The first-order chi connectivity index (χ1) is 7.59. The summed E-state index contributed by atoms with van der Waals surface area (Å²) in [5.41, 5.74) is 0.290. The number of carboxylic acid groups (broad SMARTS) is 1. The Balaban J connectivity index is 2.71. The van der Waals surface area contributed by atoms with Gasteiger partial charge in [0.2, 0.25) is 0 Å². The fourth-order valence-corrected chi connectivity index (χ4v) is 1.84. The van der Waals surface area contributed by atoms with Gasteiger partial charge < -0.3 is 5.11 Å². The summed E-state index contributed by atoms with van der Waals surface area (Å²) in [7, 11) is 0. The summed E-state index contributed by atoms with van der Waals surface area (Å²) >= 11 is 3.27. The zero-order valence-electron chi connectivity index (χ0n) is 8.05. The number of halogens is 1. The lowest BCUT2D eigenvalue weighted by molar-refractivity contribution is -0.136. The molecule has 0 radical (unpaired) electrons. The van der Waals surface area contributed by atoms with Gasteiger partial charge in [0.05, 0.1) is 10.9 Å². The number of pyridine rings is 1. The van der Waals surface area contributed by atoms with Crippen molar-refractivity contribution in [2.75, 3.05) is 0 Å². The molecule has 0 saturated carbocycles. The lowest BCUT2D eigenvalue weighted by Gasteiger charge is -2.03. The van der Waals surface area contributed by atoms with Crippen molar-refractivity contribution >= 4 is 27.5 Å². The zero-order valence-corrected chi connectivity index (χ0v) is 9.64. The number of carboxylic acids is 1. The molecule has 0 aromatic carbocycles. The molecule has 0 aliphatic heterocycles. The number of aromatic nitrogens is 2. The van der Waals surface area contributed by atoms with Gasteiger partial charge in [-0.25, -0.2) is 4.98 Å². The molecule has 6 heteroatoms. The van der Waals surface area contributed by atoms with E-state index in [4.69, 9.17) is 5.11 Å². The maximum atomic E-state index is 11.9. The predicted molar refractivity (Wildman–Crippen MR) is 60.5 cm³/mol. The van der Waals surface area contributed by atoms with Crippen molar-refractivity contribution in [3.63, 3.8) is 0 Å². The van der Waals surface area contributed by atoms with E-state index in [-0.39, 0.29) is 17.5 Å². The normalized spacial score (nSPS) is 10.6. The van der Waals surface area contributed by atoms with Gasteiger partial charge in [0.15, 0.2) is 5.65 Å². The van der Waals surface area contributed by atoms with Crippen molar-refractivity contribution in [3.05, 3.63) is 44.9 Å². The Morgan fingerprint density at radius 1 is 1.56 bits per heavy atom. The van der Waals surface area contributed by atoms with Crippen LogP contribution in [0.25, 0.3) is 5.65 Å². The second-order valence-corrected chi connectivity index (χ2v) is 4.06. The van der Waals surface area contributed by atoms with Gasteiger partial charge in [-0.15, -0.1) is 0 Å². The Bertz CT molecular complexity index is 621. The van der Waals surface area contributed by atoms with Crippen LogP contribution >= 0.6 is 15.9 Å². The first-order valence-corrected chi connectivity index (χ1v) is 5.25. The van der Waals surface area contributed by atoms with Crippen molar-refractivity contribution in [1.82, 2.24) is 9.38 Å². The van der Waals surface area contributed by atoms with Crippen molar-refractivity contribution in [2.45, 2.75) is 6.42 Å². The van der Waals surface area contributed by atoms with Gasteiger partial charge >= 0.3 is 5.97 Å². The number of aliphatic carboxylic acids is 1. The summed E-state index contributed by atoms with van der Waals surface area (Å²) in [6, 6.07) is 3.45. The second-order valence-electron chi connectivity index (χ2n) is 3.21. The molecule has 16 heavy (non-hydrogen) atoms. The minimum absolute atomic E-state index is 0.170. The molecular formula is C10H7BrN2O3. The Labute approximate surface area is 98.5 Å². The zero-order chi connectivity index (χ0) is 11.7. The molecule has 1 N–H and O–H groups in total. The van der Waals surface area contributed by atoms with Crippen LogP contribution in [0.2, 0.25) is 0 Å². The van der Waals surface area contributed by atoms with Gasteiger partial charge in [0.1, 0.15) is 0 Å². The molecule has 0 amide bonds. The van der Waals surface area contributed by atoms with E-state index in [1.165, 1.54) is 10.6 Å². The van der Waals surface area contributed by atoms with Crippen LogP contribution in [-0.4, -0.2) is 20.5 Å². The third-order valence-electron chi connectivity index (χ3n) is 2.10. The van der Waals surface area contributed by atoms with Crippen LogP contribution in [0.1, 0.15) is 5.56 Å². The summed E-state index contributed by atoms with van der Waals surface area (Å²) in [5, 5.41) is 8.63. The fourth-order valence-electron chi connectivity index (χ4n) is 1.39. The predicted octanol–water partition coefficient (Wildman–Crippen LogP) is 1.08. The van der Waals surface area contributed by atoms with E-state index >= 15 is 0 Å². The number of nitrogens with zero attached hydrogens (tertiary/aromatic N) is 2. The van der Waals surface area contributed by atoms with Gasteiger partial charge in [-0.1, -0.05) is 0 Å². The van der Waals surface area contributed by atoms with E-state index in [1.54, 1.807) is 18.3 Å². The largest absolute Gasteiger partial charge is 0.481 e. The molecule has 2 heterocycles. The van der Waals surface area contributed by atoms with Crippen LogP contribution < -0.4 is 5.56 Å². The molecule has 0 spiro atoms. The highest BCUT2D eigenvalue weighted by Crippen LogP contribution is 2.13. The van der Waals surface area contributed by atoms with Crippen LogP contribution in [0.15, 0.2) is 33.8 Å². The van der Waals surface area contributed by atoms with E-state index < -0.39 is 5.97 Å². The topological polar surface area (TPSA) is 71.7 Å². The summed E-state index contributed by atoms with van der Waals surface area (Å²) in [4.78, 5) is 26.4. The number of hydrogen-bond donors (Lipinski definition) is 1. The summed E-state index contributed by atoms with van der Waals surface area (Å²) in [6.07, 6.45) is 2.54. The molecule has 5 nitrogen and oxygen atoms in total. The minimum atomic E-state index is -1.05. The van der Waals surface area contributed by atoms with Gasteiger partial charge in [0.25, 0.3) is 5.56 Å². The fraction of sp³-hybridized carbons (Fsp3) is 0.100. The monoisotopic (exact) mass is 282 g/mol. The van der Waals surface area contributed by atoms with Gasteiger partial charge in [-0.3, -0.25) is 14.0 Å². The van der Waals surface area contributed by atoms with Crippen LogP contribution in [0.4, 0.5) is 0 Å². The van der Waals surface area contributed by atoms with Crippen LogP contribution in [0, 0.1) is 0 Å². The maximum Gasteiger partial charge on any atom is 0.308 e. The lowest BCUT2D eigenvalue weighted by Crippen LogP contribution is -2.21. The Kier molecular flexibility index (Phi) is 2.74. The molecule has 82 valence electrons. The van der Waals surface area contributed by atoms with Crippen LogP contribution in [0.5, 0.6) is 0 Å². The van der Waals surface area contributed by atoms with Crippen molar-refractivity contribution in [2.24, 2.45) is 0 Å². The number of rotatable bonds is 2. The van der Waals surface area contributed by atoms with Gasteiger partial charge in [0, 0.05) is 18.0 Å². The highest BCUT2D eigenvalue weighted by Gasteiger charge is 2.09. The molecule has 0 atom stereocenters. The number of hydrogen-bond acceptors (Lipinski definition) is 3. The third-order valence-corrected chi connectivity index (χ3v) is 2.72.